The monoisotopic (exact) mass is 695 g/mol. The number of piperazine rings is 1. The van der Waals surface area contributed by atoms with Gasteiger partial charge in [0.15, 0.2) is 0 Å². The summed E-state index contributed by atoms with van der Waals surface area (Å²) in [7, 11) is 0. The molecule has 0 bridgehead atoms. The molecule has 4 aromatic carbocycles. The van der Waals surface area contributed by atoms with Crippen molar-refractivity contribution in [1.82, 2.24) is 14.5 Å². The predicted octanol–water partition coefficient (Wildman–Crippen LogP) is 6.05. The zero-order chi connectivity index (χ0) is 35.6. The van der Waals surface area contributed by atoms with Crippen LogP contribution >= 0.6 is 0 Å². The molecule has 3 aliphatic rings. The van der Waals surface area contributed by atoms with E-state index >= 15 is 0 Å². The Hall–Kier alpha value is -5.57. The summed E-state index contributed by atoms with van der Waals surface area (Å²) in [5, 5.41) is 10.2. The Morgan fingerprint density at radius 2 is 1.35 bits per heavy atom. The van der Waals surface area contributed by atoms with Gasteiger partial charge in [-0.05, 0) is 108 Å². The van der Waals surface area contributed by atoms with Crippen molar-refractivity contribution < 1.29 is 9.90 Å². The maximum Gasteiger partial charge on any atom is 0.332 e. The Kier molecular flexibility index (Phi) is 9.41. The van der Waals surface area contributed by atoms with Crippen LogP contribution in [0.4, 0.5) is 11.4 Å². The van der Waals surface area contributed by atoms with Gasteiger partial charge in [0.2, 0.25) is 5.91 Å². The van der Waals surface area contributed by atoms with Gasteiger partial charge in [-0.2, -0.15) is 0 Å². The van der Waals surface area contributed by atoms with Crippen molar-refractivity contribution in [2.75, 3.05) is 49.1 Å². The third kappa shape index (κ3) is 7.00. The van der Waals surface area contributed by atoms with Crippen molar-refractivity contribution in [3.63, 3.8) is 0 Å². The minimum Gasteiger partial charge on any atom is -0.508 e. The third-order valence-corrected chi connectivity index (χ3v) is 11.5. The predicted molar refractivity (Wildman–Crippen MR) is 205 cm³/mol. The number of benzene rings is 4. The number of phenolic OH excluding ortho intramolecular Hbond substituents is 1. The molecule has 0 spiro atoms. The van der Waals surface area contributed by atoms with E-state index in [9.17, 15) is 19.5 Å². The number of carbonyl (C=O) groups excluding carboxylic acids is 1. The molecule has 1 aromatic heterocycles. The van der Waals surface area contributed by atoms with Crippen LogP contribution in [0.2, 0.25) is 0 Å². The maximum absolute atomic E-state index is 13.4. The summed E-state index contributed by atoms with van der Waals surface area (Å²) in [5.74, 6) is 1.57. The highest BCUT2D eigenvalue weighted by molar-refractivity contribution is 5.77. The Bertz CT molecular complexity index is 2130. The lowest BCUT2D eigenvalue weighted by molar-refractivity contribution is -0.132. The summed E-state index contributed by atoms with van der Waals surface area (Å²) >= 11 is 0. The number of aromatic nitrogens is 2. The van der Waals surface area contributed by atoms with Crippen molar-refractivity contribution in [2.24, 2.45) is 5.92 Å². The van der Waals surface area contributed by atoms with Crippen molar-refractivity contribution >= 4 is 17.3 Å². The van der Waals surface area contributed by atoms with Gasteiger partial charge in [0.1, 0.15) is 5.75 Å². The smallest absolute Gasteiger partial charge is 0.332 e. The molecule has 9 nitrogen and oxygen atoms in total. The van der Waals surface area contributed by atoms with Gasteiger partial charge < -0.3 is 19.8 Å². The van der Waals surface area contributed by atoms with Crippen LogP contribution in [0.1, 0.15) is 59.8 Å². The Morgan fingerprint density at radius 1 is 0.692 bits per heavy atom. The second-order valence-corrected chi connectivity index (χ2v) is 14.5. The lowest BCUT2D eigenvalue weighted by Crippen LogP contribution is -2.49. The second-order valence-electron chi connectivity index (χ2n) is 14.5. The molecule has 2 fully saturated rings. The van der Waals surface area contributed by atoms with Gasteiger partial charge >= 0.3 is 5.69 Å². The van der Waals surface area contributed by atoms with Crippen LogP contribution < -0.4 is 21.0 Å². The third-order valence-electron chi connectivity index (χ3n) is 11.5. The van der Waals surface area contributed by atoms with E-state index in [1.165, 1.54) is 44.8 Å². The van der Waals surface area contributed by atoms with Gasteiger partial charge in [-0.1, -0.05) is 48.5 Å². The standard InChI is InChI=1S/C43H45N5O4/c49-37-15-17-39-33(29-37)8-16-38(31-4-2-1-3-5-31)42(39)32-6-9-34(10-7-32)46-24-26-47(27-25-46)41(51)28-30-18-21-45(22-19-30)35-11-13-36(14-12-35)48-23-20-40(50)44-43(48)52/h1-7,9-15,17,20,23,29-30,38,42,49H,8,16,18-19,21-22,24-28H2,(H,44,50,52)/t38-,42+/m1/s1. The van der Waals surface area contributed by atoms with Crippen LogP contribution in [0.5, 0.6) is 5.75 Å². The molecule has 2 atom stereocenters. The summed E-state index contributed by atoms with van der Waals surface area (Å²) in [6, 6.07) is 34.9. The largest absolute Gasteiger partial charge is 0.508 e. The second kappa shape index (κ2) is 14.6. The van der Waals surface area contributed by atoms with Gasteiger partial charge in [0, 0.05) is 75.2 Å². The molecule has 2 aliphatic heterocycles. The van der Waals surface area contributed by atoms with Crippen LogP contribution in [0.15, 0.2) is 119 Å². The van der Waals surface area contributed by atoms with Crippen LogP contribution in [-0.2, 0) is 11.2 Å². The molecule has 0 radical (unpaired) electrons. The van der Waals surface area contributed by atoms with Crippen molar-refractivity contribution in [3.8, 4) is 11.4 Å². The van der Waals surface area contributed by atoms with Crippen molar-refractivity contribution in [2.45, 2.75) is 43.9 Å². The SMILES string of the molecule is O=C(CC1CCN(c2ccc(-n3ccc(=O)[nH]c3=O)cc2)CC1)N1CCN(c2ccc([C@@H]3c4ccc(O)cc4CC[C@@H]3c3ccccc3)cc2)CC1. The average Bonchev–Trinajstić information content (AvgIpc) is 3.18. The minimum atomic E-state index is -0.455. The maximum atomic E-state index is 13.4. The first-order chi connectivity index (χ1) is 25.4. The Morgan fingerprint density at radius 3 is 2.04 bits per heavy atom. The summed E-state index contributed by atoms with van der Waals surface area (Å²) in [6.45, 7) is 4.90. The molecule has 5 aromatic rings. The fourth-order valence-electron chi connectivity index (χ4n) is 8.60. The quantitative estimate of drug-likeness (QED) is 0.215. The lowest BCUT2D eigenvalue weighted by Gasteiger charge is -2.38. The molecular weight excluding hydrogens is 651 g/mol. The molecule has 0 unspecified atom stereocenters. The van der Waals surface area contributed by atoms with E-state index in [0.717, 1.165) is 70.6 Å². The number of aryl methyl sites for hydroxylation is 1. The fourth-order valence-corrected chi connectivity index (χ4v) is 8.60. The first-order valence-corrected chi connectivity index (χ1v) is 18.6. The zero-order valence-corrected chi connectivity index (χ0v) is 29.4. The van der Waals surface area contributed by atoms with E-state index in [4.69, 9.17) is 0 Å². The van der Waals surface area contributed by atoms with Crippen molar-refractivity contribution in [3.05, 3.63) is 152 Å². The summed E-state index contributed by atoms with van der Waals surface area (Å²) in [5.41, 5.74) is 7.32. The lowest BCUT2D eigenvalue weighted by atomic mass is 9.69. The molecule has 266 valence electrons. The number of carbonyl (C=O) groups is 1. The molecule has 8 rings (SSSR count). The van der Waals surface area contributed by atoms with Gasteiger partial charge in [-0.3, -0.25) is 19.1 Å². The van der Waals surface area contributed by atoms with E-state index in [0.29, 0.717) is 29.7 Å². The number of fused-ring (bicyclic) bond motifs is 1. The first-order valence-electron chi connectivity index (χ1n) is 18.6. The summed E-state index contributed by atoms with van der Waals surface area (Å²) in [6.07, 6.45) is 6.03. The number of phenols is 1. The van der Waals surface area contributed by atoms with E-state index in [2.05, 4.69) is 75.4 Å². The molecule has 1 amide bonds. The molecule has 2 N–H and O–H groups in total. The number of piperidine rings is 1. The number of nitrogens with one attached hydrogen (secondary N) is 1. The number of anilines is 2. The van der Waals surface area contributed by atoms with Gasteiger partial charge in [0.25, 0.3) is 5.56 Å². The van der Waals surface area contributed by atoms with Crippen molar-refractivity contribution in [1.29, 1.82) is 0 Å². The number of aromatic amines is 1. The van der Waals surface area contributed by atoms with E-state index in [1.54, 1.807) is 0 Å². The van der Waals surface area contributed by atoms with Crippen LogP contribution in [-0.4, -0.2) is 64.7 Å². The molecule has 0 saturated carbocycles. The average molecular weight is 696 g/mol. The van der Waals surface area contributed by atoms with E-state index in [-0.39, 0.29) is 11.8 Å². The molecule has 9 heteroatoms. The van der Waals surface area contributed by atoms with Gasteiger partial charge in [0.05, 0.1) is 5.69 Å². The van der Waals surface area contributed by atoms with Crippen LogP contribution in [0.3, 0.4) is 0 Å². The number of amides is 1. The molecule has 1 aliphatic carbocycles. The Labute approximate surface area is 303 Å². The first kappa shape index (κ1) is 33.6. The number of nitrogens with zero attached hydrogens (tertiary/aromatic N) is 4. The molecule has 52 heavy (non-hydrogen) atoms. The van der Waals surface area contributed by atoms with E-state index in [1.807, 2.05) is 41.3 Å². The van der Waals surface area contributed by atoms with E-state index < -0.39 is 11.2 Å². The molecule has 2 saturated heterocycles. The highest BCUT2D eigenvalue weighted by atomic mass is 16.3. The normalized spacial score (nSPS) is 19.3. The molecular formula is C43H45N5O4. The fraction of sp³-hybridized carbons (Fsp3) is 0.326. The van der Waals surface area contributed by atoms with Crippen LogP contribution in [0.25, 0.3) is 5.69 Å². The number of hydrogen-bond donors (Lipinski definition) is 2. The topological polar surface area (TPSA) is 102 Å². The number of aromatic hydroxyl groups is 1. The summed E-state index contributed by atoms with van der Waals surface area (Å²) in [4.78, 5) is 46.0. The molecule has 3 heterocycles. The van der Waals surface area contributed by atoms with Crippen LogP contribution in [0, 0.1) is 5.92 Å². The minimum absolute atomic E-state index is 0.225. The number of H-pyrrole nitrogens is 1. The number of hydrogen-bond acceptors (Lipinski definition) is 6. The Balaban J connectivity index is 0.845. The zero-order valence-electron chi connectivity index (χ0n) is 29.4. The summed E-state index contributed by atoms with van der Waals surface area (Å²) < 4.78 is 1.42. The number of rotatable bonds is 7. The highest BCUT2D eigenvalue weighted by Crippen LogP contribution is 2.47. The van der Waals surface area contributed by atoms with Gasteiger partial charge in [-0.25, -0.2) is 4.79 Å². The highest BCUT2D eigenvalue weighted by Gasteiger charge is 2.32. The van der Waals surface area contributed by atoms with Gasteiger partial charge in [-0.15, -0.1) is 0 Å².